The lowest BCUT2D eigenvalue weighted by atomic mass is 9.91. The molecule has 0 aromatic heterocycles. The molecule has 1 aliphatic heterocycles. The summed E-state index contributed by atoms with van der Waals surface area (Å²) in [6.07, 6.45) is 3.01. The number of benzene rings is 1. The Labute approximate surface area is 120 Å². The van der Waals surface area contributed by atoms with Crippen molar-refractivity contribution in [2.24, 2.45) is 5.92 Å². The van der Waals surface area contributed by atoms with Crippen molar-refractivity contribution in [3.63, 3.8) is 0 Å². The number of hydrogen-bond donors (Lipinski definition) is 2. The topological polar surface area (TPSA) is 50.4 Å². The van der Waals surface area contributed by atoms with Crippen LogP contribution in [0.1, 0.15) is 33.1 Å². The molecule has 110 valence electrons. The van der Waals surface area contributed by atoms with Gasteiger partial charge in [-0.3, -0.25) is 4.79 Å². The van der Waals surface area contributed by atoms with E-state index in [9.17, 15) is 4.79 Å². The Morgan fingerprint density at radius 1 is 1.40 bits per heavy atom. The van der Waals surface area contributed by atoms with Crippen molar-refractivity contribution in [3.8, 4) is 5.75 Å². The van der Waals surface area contributed by atoms with Crippen molar-refractivity contribution >= 4 is 11.6 Å². The first-order valence-corrected chi connectivity index (χ1v) is 7.48. The van der Waals surface area contributed by atoms with Gasteiger partial charge in [0.25, 0.3) is 0 Å². The molecule has 2 atom stereocenters. The van der Waals surface area contributed by atoms with Gasteiger partial charge < -0.3 is 15.4 Å². The Bertz CT molecular complexity index is 431. The summed E-state index contributed by atoms with van der Waals surface area (Å²) in [5.41, 5.74) is 0.830. The lowest BCUT2D eigenvalue weighted by Gasteiger charge is -2.28. The molecule has 0 radical (unpaired) electrons. The fraction of sp³-hybridized carbons (Fsp3) is 0.562. The van der Waals surface area contributed by atoms with Gasteiger partial charge in [0.1, 0.15) is 5.75 Å². The molecule has 0 spiro atoms. The van der Waals surface area contributed by atoms with Gasteiger partial charge in [-0.15, -0.1) is 0 Å². The van der Waals surface area contributed by atoms with E-state index >= 15 is 0 Å². The largest absolute Gasteiger partial charge is 0.494 e. The molecule has 20 heavy (non-hydrogen) atoms. The second-order valence-corrected chi connectivity index (χ2v) is 5.35. The minimum absolute atomic E-state index is 0.0553. The smallest absolute Gasteiger partial charge is 0.229 e. The van der Waals surface area contributed by atoms with E-state index in [1.54, 1.807) is 0 Å². The Morgan fingerprint density at radius 2 is 2.15 bits per heavy atom. The highest BCUT2D eigenvalue weighted by Crippen LogP contribution is 2.20. The number of rotatable bonds is 5. The second kappa shape index (κ2) is 7.29. The highest BCUT2D eigenvalue weighted by molar-refractivity contribution is 5.93. The average Bonchev–Trinajstić information content (AvgIpc) is 2.47. The number of nitrogens with one attached hydrogen (secondary N) is 2. The Balaban J connectivity index is 1.90. The zero-order chi connectivity index (χ0) is 14.4. The van der Waals surface area contributed by atoms with E-state index in [2.05, 4.69) is 24.5 Å². The third kappa shape index (κ3) is 3.97. The van der Waals surface area contributed by atoms with E-state index in [4.69, 9.17) is 4.74 Å². The van der Waals surface area contributed by atoms with Gasteiger partial charge in [0, 0.05) is 11.7 Å². The summed E-state index contributed by atoms with van der Waals surface area (Å²) >= 11 is 0. The molecule has 1 fully saturated rings. The summed E-state index contributed by atoms with van der Waals surface area (Å²) in [5.74, 6) is 1.00. The van der Waals surface area contributed by atoms with Gasteiger partial charge in [0.2, 0.25) is 5.91 Å². The van der Waals surface area contributed by atoms with Crippen LogP contribution in [-0.2, 0) is 4.79 Å². The molecule has 0 aliphatic carbocycles. The Kier molecular flexibility index (Phi) is 5.41. The molecule has 1 aromatic rings. The average molecular weight is 276 g/mol. The summed E-state index contributed by atoms with van der Waals surface area (Å²) < 4.78 is 5.53. The molecule has 1 aromatic carbocycles. The number of carbonyl (C=O) groups excluding carboxylic acids is 1. The summed E-state index contributed by atoms with van der Waals surface area (Å²) in [6, 6.07) is 7.82. The van der Waals surface area contributed by atoms with Gasteiger partial charge in [-0.25, -0.2) is 0 Å². The number of ether oxygens (including phenoxy) is 1. The zero-order valence-electron chi connectivity index (χ0n) is 12.3. The third-order valence-electron chi connectivity index (χ3n) is 3.69. The van der Waals surface area contributed by atoms with Crippen molar-refractivity contribution in [2.75, 3.05) is 18.5 Å². The number of piperidine rings is 1. The SMILES string of the molecule is CCCOc1ccc(NC(=O)C2CCCNC2C)cc1. The van der Waals surface area contributed by atoms with Crippen molar-refractivity contribution in [1.29, 1.82) is 0 Å². The van der Waals surface area contributed by atoms with E-state index < -0.39 is 0 Å². The maximum atomic E-state index is 12.3. The van der Waals surface area contributed by atoms with E-state index in [0.29, 0.717) is 0 Å². The number of anilines is 1. The van der Waals surface area contributed by atoms with Crippen molar-refractivity contribution in [2.45, 2.75) is 39.2 Å². The van der Waals surface area contributed by atoms with Gasteiger partial charge in [0.05, 0.1) is 12.5 Å². The van der Waals surface area contributed by atoms with Crippen LogP contribution < -0.4 is 15.4 Å². The number of hydrogen-bond acceptors (Lipinski definition) is 3. The molecular weight excluding hydrogens is 252 g/mol. The van der Waals surface area contributed by atoms with Crippen LogP contribution in [0, 0.1) is 5.92 Å². The van der Waals surface area contributed by atoms with Crippen molar-refractivity contribution in [1.82, 2.24) is 5.32 Å². The number of carbonyl (C=O) groups is 1. The first kappa shape index (κ1) is 14.9. The van der Waals surface area contributed by atoms with Crippen molar-refractivity contribution in [3.05, 3.63) is 24.3 Å². The van der Waals surface area contributed by atoms with Gasteiger partial charge >= 0.3 is 0 Å². The second-order valence-electron chi connectivity index (χ2n) is 5.35. The summed E-state index contributed by atoms with van der Waals surface area (Å²) in [5, 5.41) is 6.34. The molecule has 2 N–H and O–H groups in total. The van der Waals surface area contributed by atoms with Crippen LogP contribution in [0.3, 0.4) is 0 Å². The molecule has 1 aliphatic rings. The minimum atomic E-state index is 0.0553. The van der Waals surface area contributed by atoms with Crippen LogP contribution in [0.25, 0.3) is 0 Å². The molecule has 1 amide bonds. The maximum absolute atomic E-state index is 12.3. The molecule has 2 rings (SSSR count). The highest BCUT2D eigenvalue weighted by Gasteiger charge is 2.27. The van der Waals surface area contributed by atoms with Crippen LogP contribution in [0.4, 0.5) is 5.69 Å². The van der Waals surface area contributed by atoms with E-state index in [0.717, 1.165) is 43.9 Å². The van der Waals surface area contributed by atoms with Gasteiger partial charge in [-0.05, 0) is 57.0 Å². The lowest BCUT2D eigenvalue weighted by Crippen LogP contribution is -2.44. The fourth-order valence-electron chi connectivity index (χ4n) is 2.49. The van der Waals surface area contributed by atoms with E-state index in [1.807, 2.05) is 24.3 Å². The zero-order valence-corrected chi connectivity index (χ0v) is 12.3. The lowest BCUT2D eigenvalue weighted by molar-refractivity contribution is -0.121. The number of amides is 1. The Hall–Kier alpha value is -1.55. The van der Waals surface area contributed by atoms with Crippen LogP contribution in [0.15, 0.2) is 24.3 Å². The molecule has 1 heterocycles. The standard InChI is InChI=1S/C16H24N2O2/c1-3-11-20-14-8-6-13(7-9-14)18-16(19)15-5-4-10-17-12(15)2/h6-9,12,15,17H,3-5,10-11H2,1-2H3,(H,18,19). The summed E-state index contributed by atoms with van der Waals surface area (Å²) in [4.78, 5) is 12.3. The summed E-state index contributed by atoms with van der Waals surface area (Å²) in [7, 11) is 0. The summed E-state index contributed by atoms with van der Waals surface area (Å²) in [6.45, 7) is 5.88. The van der Waals surface area contributed by atoms with E-state index in [1.165, 1.54) is 0 Å². The quantitative estimate of drug-likeness (QED) is 0.869. The molecule has 0 saturated carbocycles. The van der Waals surface area contributed by atoms with Crippen LogP contribution in [0.5, 0.6) is 5.75 Å². The predicted molar refractivity (Wildman–Crippen MR) is 81.0 cm³/mol. The molecule has 4 nitrogen and oxygen atoms in total. The van der Waals surface area contributed by atoms with E-state index in [-0.39, 0.29) is 17.9 Å². The first-order valence-electron chi connectivity index (χ1n) is 7.48. The van der Waals surface area contributed by atoms with Crippen LogP contribution in [0.2, 0.25) is 0 Å². The van der Waals surface area contributed by atoms with Crippen LogP contribution in [-0.4, -0.2) is 25.1 Å². The molecule has 4 heteroatoms. The molecule has 1 saturated heterocycles. The van der Waals surface area contributed by atoms with Gasteiger partial charge in [-0.1, -0.05) is 6.92 Å². The molecule has 2 unspecified atom stereocenters. The molecule has 0 bridgehead atoms. The third-order valence-corrected chi connectivity index (χ3v) is 3.69. The van der Waals surface area contributed by atoms with Gasteiger partial charge in [-0.2, -0.15) is 0 Å². The maximum Gasteiger partial charge on any atom is 0.229 e. The minimum Gasteiger partial charge on any atom is -0.494 e. The van der Waals surface area contributed by atoms with Crippen LogP contribution >= 0.6 is 0 Å². The Morgan fingerprint density at radius 3 is 2.80 bits per heavy atom. The van der Waals surface area contributed by atoms with Gasteiger partial charge in [0.15, 0.2) is 0 Å². The monoisotopic (exact) mass is 276 g/mol. The fourth-order valence-corrected chi connectivity index (χ4v) is 2.49. The molecular formula is C16H24N2O2. The van der Waals surface area contributed by atoms with Crippen molar-refractivity contribution < 1.29 is 9.53 Å². The first-order chi connectivity index (χ1) is 9.70. The highest BCUT2D eigenvalue weighted by atomic mass is 16.5. The normalized spacial score (nSPS) is 22.3. The predicted octanol–water partition coefficient (Wildman–Crippen LogP) is 2.80.